The maximum atomic E-state index is 13.1. The molecule has 1 aliphatic heterocycles. The largest absolute Gasteiger partial charge is 0.507 e. The number of aromatic nitrogens is 2. The summed E-state index contributed by atoms with van der Waals surface area (Å²) in [4.78, 5) is 23.2. The molecule has 0 spiro atoms. The second-order valence-electron chi connectivity index (χ2n) is 8.21. The van der Waals surface area contributed by atoms with Crippen LogP contribution in [0.25, 0.3) is 22.5 Å². The summed E-state index contributed by atoms with van der Waals surface area (Å²) in [5.41, 5.74) is -0.0298. The average Bonchev–Trinajstić information content (AvgIpc) is 3.08. The Morgan fingerprint density at radius 1 is 1.28 bits per heavy atom. The maximum absolute atomic E-state index is 13.1. The zero-order chi connectivity index (χ0) is 23.2. The summed E-state index contributed by atoms with van der Waals surface area (Å²) in [7, 11) is 2.03. The fraction of sp³-hybridized carbons (Fsp3) is 0.409. The number of pyridine rings is 1. The molecule has 1 aliphatic rings. The van der Waals surface area contributed by atoms with Crippen molar-refractivity contribution in [2.75, 3.05) is 25.5 Å². The molecule has 1 saturated heterocycles. The first-order valence-corrected chi connectivity index (χ1v) is 10.2. The highest BCUT2D eigenvalue weighted by atomic mass is 19.4. The number of rotatable bonds is 4. The molecule has 0 aliphatic carbocycles. The van der Waals surface area contributed by atoms with Gasteiger partial charge in [0.1, 0.15) is 5.75 Å². The Balaban J connectivity index is 1.78. The smallest absolute Gasteiger partial charge is 0.416 e. The summed E-state index contributed by atoms with van der Waals surface area (Å²) >= 11 is 0. The number of nitrogens with zero attached hydrogens (tertiary/aromatic N) is 3. The van der Waals surface area contributed by atoms with E-state index in [4.69, 9.17) is 4.42 Å². The Morgan fingerprint density at radius 3 is 2.66 bits per heavy atom. The molecule has 3 aromatic rings. The first-order valence-electron chi connectivity index (χ1n) is 10.2. The third kappa shape index (κ3) is 4.27. The average molecular weight is 448 g/mol. The number of alkyl halides is 3. The van der Waals surface area contributed by atoms with Crippen LogP contribution in [0.5, 0.6) is 5.75 Å². The van der Waals surface area contributed by atoms with Gasteiger partial charge in [0.2, 0.25) is 5.65 Å². The molecule has 1 atom stereocenters. The lowest BCUT2D eigenvalue weighted by Gasteiger charge is -2.29. The van der Waals surface area contributed by atoms with E-state index >= 15 is 0 Å². The van der Waals surface area contributed by atoms with E-state index < -0.39 is 17.5 Å². The predicted molar refractivity (Wildman–Crippen MR) is 113 cm³/mol. The van der Waals surface area contributed by atoms with Crippen LogP contribution >= 0.6 is 0 Å². The van der Waals surface area contributed by atoms with E-state index in [0.29, 0.717) is 6.07 Å². The van der Waals surface area contributed by atoms with Crippen LogP contribution in [0.3, 0.4) is 0 Å². The Hall–Kier alpha value is -3.14. The number of anilines is 1. The molecule has 0 bridgehead atoms. The molecular weight excluding hydrogens is 425 g/mol. The minimum atomic E-state index is -4.59. The van der Waals surface area contributed by atoms with Crippen molar-refractivity contribution in [3.8, 4) is 17.0 Å². The van der Waals surface area contributed by atoms with E-state index in [2.05, 4.69) is 20.2 Å². The van der Waals surface area contributed by atoms with Crippen LogP contribution in [0, 0.1) is 6.92 Å². The van der Waals surface area contributed by atoms with Gasteiger partial charge in [0, 0.05) is 18.2 Å². The zero-order valence-electron chi connectivity index (χ0n) is 17.9. The minimum Gasteiger partial charge on any atom is -0.507 e. The van der Waals surface area contributed by atoms with Crippen molar-refractivity contribution < 1.29 is 27.5 Å². The number of hydrogen-bond donors (Lipinski definition) is 2. The van der Waals surface area contributed by atoms with Crippen molar-refractivity contribution in [2.45, 2.75) is 38.9 Å². The van der Waals surface area contributed by atoms with Gasteiger partial charge in [-0.15, -0.1) is 0 Å². The number of oxazole rings is 1. The Kier molecular flexibility index (Phi) is 5.58. The number of aryl methyl sites for hydroxylation is 1. The van der Waals surface area contributed by atoms with Crippen molar-refractivity contribution in [1.82, 2.24) is 14.9 Å². The van der Waals surface area contributed by atoms with Gasteiger partial charge in [0.25, 0.3) is 6.01 Å². The van der Waals surface area contributed by atoms with E-state index in [1.54, 1.807) is 0 Å². The number of piperidine rings is 1. The van der Waals surface area contributed by atoms with Gasteiger partial charge in [0.15, 0.2) is 11.4 Å². The first-order chi connectivity index (χ1) is 15.0. The summed E-state index contributed by atoms with van der Waals surface area (Å²) in [6.45, 7) is 4.62. The van der Waals surface area contributed by atoms with E-state index in [1.807, 2.05) is 7.05 Å². The van der Waals surface area contributed by atoms with Gasteiger partial charge >= 0.3 is 6.18 Å². The summed E-state index contributed by atoms with van der Waals surface area (Å²) in [5, 5.41) is 13.6. The number of hydrogen-bond acceptors (Lipinski definition) is 7. The number of halogens is 3. The molecule has 10 heteroatoms. The molecule has 1 aromatic carbocycles. The Morgan fingerprint density at radius 2 is 2.03 bits per heavy atom. The zero-order valence-corrected chi connectivity index (χ0v) is 17.9. The number of carbonyl (C=O) groups is 1. The van der Waals surface area contributed by atoms with Crippen molar-refractivity contribution in [2.24, 2.45) is 0 Å². The van der Waals surface area contributed by atoms with Crippen molar-refractivity contribution in [3.05, 3.63) is 34.9 Å². The number of likely N-dealkylation sites (tertiary alicyclic amines) is 1. The number of benzene rings is 1. The van der Waals surface area contributed by atoms with Crippen LogP contribution in [0.1, 0.15) is 41.3 Å². The maximum Gasteiger partial charge on any atom is 0.416 e. The number of carbonyl (C=O) groups excluding carboxylic acids is 1. The number of ketones is 1. The highest BCUT2D eigenvalue weighted by Gasteiger charge is 2.32. The fourth-order valence-corrected chi connectivity index (χ4v) is 4.09. The van der Waals surface area contributed by atoms with Crippen LogP contribution in [0.2, 0.25) is 0 Å². The van der Waals surface area contributed by atoms with E-state index in [0.717, 1.165) is 32.0 Å². The van der Waals surface area contributed by atoms with E-state index in [-0.39, 0.29) is 51.5 Å². The molecule has 0 saturated carbocycles. The minimum absolute atomic E-state index is 0.105. The third-order valence-corrected chi connectivity index (χ3v) is 5.59. The quantitative estimate of drug-likeness (QED) is 0.562. The summed E-state index contributed by atoms with van der Waals surface area (Å²) in [6.07, 6.45) is -2.62. The molecule has 0 amide bonds. The molecule has 170 valence electrons. The number of phenols is 1. The summed E-state index contributed by atoms with van der Waals surface area (Å²) in [6, 6.07) is 3.34. The molecule has 7 nitrogen and oxygen atoms in total. The van der Waals surface area contributed by atoms with Gasteiger partial charge in [-0.05, 0) is 64.0 Å². The molecular formula is C22H23F3N4O3. The molecule has 0 unspecified atom stereocenters. The SMILES string of the molecule is CC(=O)c1cc(-c2c(C)cc(C(F)(F)F)cc2O)nc2nc(N[C@@H]3CCCN(C)C3)oc12. The number of fused-ring (bicyclic) bond motifs is 1. The Bertz CT molecular complexity index is 1170. The van der Waals surface area contributed by atoms with Gasteiger partial charge < -0.3 is 19.7 Å². The van der Waals surface area contributed by atoms with Gasteiger partial charge in [-0.1, -0.05) is 0 Å². The molecule has 2 N–H and O–H groups in total. The van der Waals surface area contributed by atoms with Gasteiger partial charge in [-0.25, -0.2) is 4.98 Å². The van der Waals surface area contributed by atoms with Crippen LogP contribution in [-0.2, 0) is 6.18 Å². The van der Waals surface area contributed by atoms with E-state index in [9.17, 15) is 23.1 Å². The van der Waals surface area contributed by atoms with E-state index in [1.165, 1.54) is 19.9 Å². The second kappa shape index (κ2) is 8.09. The first kappa shape index (κ1) is 22.1. The number of phenolic OH excluding ortho intramolecular Hbond substituents is 1. The topological polar surface area (TPSA) is 91.5 Å². The highest BCUT2D eigenvalue weighted by Crippen LogP contribution is 2.39. The monoisotopic (exact) mass is 448 g/mol. The Labute approximate surface area is 182 Å². The van der Waals surface area contributed by atoms with Crippen LogP contribution in [-0.4, -0.2) is 51.9 Å². The van der Waals surface area contributed by atoms with Gasteiger partial charge in [0.05, 0.1) is 16.8 Å². The van der Waals surface area contributed by atoms with Crippen LogP contribution in [0.4, 0.5) is 19.2 Å². The van der Waals surface area contributed by atoms with Crippen molar-refractivity contribution in [3.63, 3.8) is 0 Å². The van der Waals surface area contributed by atoms with Gasteiger partial charge in [-0.2, -0.15) is 18.2 Å². The lowest BCUT2D eigenvalue weighted by atomic mass is 9.98. The second-order valence-corrected chi connectivity index (χ2v) is 8.21. The predicted octanol–water partition coefficient (Wildman–Crippen LogP) is 4.63. The molecule has 2 aromatic heterocycles. The number of likely N-dealkylation sites (N-methyl/N-ethyl adjacent to an activating group) is 1. The standard InChI is InChI=1S/C22H23F3N4O3/c1-11-7-13(22(23,24)25)8-17(31)18(11)16-9-15(12(2)30)19-20(27-16)28-21(32-19)26-14-5-4-6-29(3)10-14/h7-9,14,31H,4-6,10H2,1-3H3,(H,26,27,28)/t14-/m1/s1. The number of aromatic hydroxyl groups is 1. The lowest BCUT2D eigenvalue weighted by molar-refractivity contribution is -0.137. The summed E-state index contributed by atoms with van der Waals surface area (Å²) < 4.78 is 45.0. The van der Waals surface area contributed by atoms with Crippen LogP contribution in [0.15, 0.2) is 22.6 Å². The van der Waals surface area contributed by atoms with Gasteiger partial charge in [-0.3, -0.25) is 4.79 Å². The molecule has 3 heterocycles. The molecule has 0 radical (unpaired) electrons. The number of Topliss-reactive ketones (excluding diaryl/α,β-unsaturated/α-hetero) is 1. The fourth-order valence-electron chi connectivity index (χ4n) is 4.09. The lowest BCUT2D eigenvalue weighted by Crippen LogP contribution is -2.39. The van der Waals surface area contributed by atoms with Crippen LogP contribution < -0.4 is 5.32 Å². The summed E-state index contributed by atoms with van der Waals surface area (Å²) in [5.74, 6) is -0.895. The number of nitrogens with one attached hydrogen (secondary N) is 1. The molecule has 1 fully saturated rings. The van der Waals surface area contributed by atoms with Crippen molar-refractivity contribution >= 4 is 23.0 Å². The molecule has 4 rings (SSSR count). The van der Waals surface area contributed by atoms with Crippen molar-refractivity contribution in [1.29, 1.82) is 0 Å². The molecule has 32 heavy (non-hydrogen) atoms. The third-order valence-electron chi connectivity index (χ3n) is 5.59. The normalized spacial score (nSPS) is 17.6. The highest BCUT2D eigenvalue weighted by molar-refractivity contribution is 6.05.